The van der Waals surface area contributed by atoms with Crippen molar-refractivity contribution in [1.29, 1.82) is 0 Å². The SMILES string of the molecule is CNC(=O)CNC(=O)c1cccc(NC(=O)C2CCC3CCC(=O)N32)c1. The summed E-state index contributed by atoms with van der Waals surface area (Å²) in [6.07, 6.45) is 2.85. The molecule has 2 fully saturated rings. The van der Waals surface area contributed by atoms with E-state index in [4.69, 9.17) is 0 Å². The first-order valence-electron chi connectivity index (χ1n) is 8.70. The van der Waals surface area contributed by atoms with Gasteiger partial charge < -0.3 is 20.9 Å². The number of rotatable bonds is 5. The summed E-state index contributed by atoms with van der Waals surface area (Å²) in [7, 11) is 1.49. The molecular formula is C18H22N4O4. The average molecular weight is 358 g/mol. The van der Waals surface area contributed by atoms with E-state index in [1.807, 2.05) is 0 Å². The van der Waals surface area contributed by atoms with Gasteiger partial charge in [-0.05, 0) is 37.5 Å². The van der Waals surface area contributed by atoms with Crippen LogP contribution in [0.25, 0.3) is 0 Å². The van der Waals surface area contributed by atoms with E-state index in [1.54, 1.807) is 29.2 Å². The molecule has 4 amide bonds. The van der Waals surface area contributed by atoms with Gasteiger partial charge in [0.25, 0.3) is 5.91 Å². The molecule has 0 spiro atoms. The number of carbonyl (C=O) groups is 4. The Morgan fingerprint density at radius 3 is 2.77 bits per heavy atom. The Morgan fingerprint density at radius 1 is 1.19 bits per heavy atom. The molecule has 138 valence electrons. The van der Waals surface area contributed by atoms with Crippen molar-refractivity contribution in [1.82, 2.24) is 15.5 Å². The highest BCUT2D eigenvalue weighted by Gasteiger charge is 2.44. The smallest absolute Gasteiger partial charge is 0.251 e. The summed E-state index contributed by atoms with van der Waals surface area (Å²) < 4.78 is 0. The number of benzene rings is 1. The molecule has 3 N–H and O–H groups in total. The van der Waals surface area contributed by atoms with Gasteiger partial charge in [0, 0.05) is 30.8 Å². The van der Waals surface area contributed by atoms with E-state index in [-0.39, 0.29) is 30.3 Å². The maximum Gasteiger partial charge on any atom is 0.251 e. The van der Waals surface area contributed by atoms with E-state index in [1.165, 1.54) is 7.05 Å². The molecule has 2 aliphatic heterocycles. The second-order valence-corrected chi connectivity index (χ2v) is 6.51. The molecule has 2 saturated heterocycles. The third-order valence-electron chi connectivity index (χ3n) is 4.87. The van der Waals surface area contributed by atoms with Crippen LogP contribution >= 0.6 is 0 Å². The van der Waals surface area contributed by atoms with Crippen molar-refractivity contribution < 1.29 is 19.2 Å². The van der Waals surface area contributed by atoms with Crippen LogP contribution in [-0.4, -0.2) is 54.2 Å². The Bertz CT molecular complexity index is 748. The zero-order chi connectivity index (χ0) is 18.7. The number of carbonyl (C=O) groups excluding carboxylic acids is 4. The summed E-state index contributed by atoms with van der Waals surface area (Å²) in [5.41, 5.74) is 0.825. The van der Waals surface area contributed by atoms with Crippen LogP contribution in [0.4, 0.5) is 5.69 Å². The maximum absolute atomic E-state index is 12.6. The number of nitrogens with one attached hydrogen (secondary N) is 3. The Balaban J connectivity index is 1.63. The molecule has 2 unspecified atom stereocenters. The van der Waals surface area contributed by atoms with Crippen LogP contribution in [0.2, 0.25) is 0 Å². The van der Waals surface area contributed by atoms with E-state index in [2.05, 4.69) is 16.0 Å². The lowest BCUT2D eigenvalue weighted by Gasteiger charge is -2.23. The standard InChI is InChI=1S/C18H22N4O4/c1-19-15(23)10-20-17(25)11-3-2-4-12(9-11)21-18(26)14-7-5-13-6-8-16(24)22(13)14/h2-4,9,13-14H,5-8,10H2,1H3,(H,19,23)(H,20,25)(H,21,26). The molecule has 0 saturated carbocycles. The molecule has 0 aliphatic carbocycles. The lowest BCUT2D eigenvalue weighted by Crippen LogP contribution is -2.42. The second-order valence-electron chi connectivity index (χ2n) is 6.51. The first-order chi connectivity index (χ1) is 12.5. The second kappa shape index (κ2) is 7.55. The van der Waals surface area contributed by atoms with Gasteiger partial charge in [-0.15, -0.1) is 0 Å². The quantitative estimate of drug-likeness (QED) is 0.701. The number of anilines is 1. The van der Waals surface area contributed by atoms with E-state index >= 15 is 0 Å². The normalized spacial score (nSPS) is 21.3. The summed E-state index contributed by atoms with van der Waals surface area (Å²) >= 11 is 0. The Kier molecular flexibility index (Phi) is 5.20. The predicted octanol–water partition coefficient (Wildman–Crippen LogP) is 0.254. The molecule has 2 aliphatic rings. The van der Waals surface area contributed by atoms with Crippen LogP contribution in [0, 0.1) is 0 Å². The molecule has 3 rings (SSSR count). The van der Waals surface area contributed by atoms with Crippen LogP contribution in [0.5, 0.6) is 0 Å². The van der Waals surface area contributed by atoms with Gasteiger partial charge in [0.15, 0.2) is 0 Å². The molecule has 2 atom stereocenters. The van der Waals surface area contributed by atoms with E-state index in [9.17, 15) is 19.2 Å². The highest BCUT2D eigenvalue weighted by atomic mass is 16.2. The van der Waals surface area contributed by atoms with Crippen molar-refractivity contribution in [2.24, 2.45) is 0 Å². The fraction of sp³-hybridized carbons (Fsp3) is 0.444. The van der Waals surface area contributed by atoms with Crippen molar-refractivity contribution in [3.05, 3.63) is 29.8 Å². The molecule has 1 aromatic rings. The van der Waals surface area contributed by atoms with Gasteiger partial charge >= 0.3 is 0 Å². The highest BCUT2D eigenvalue weighted by molar-refractivity contribution is 6.00. The summed E-state index contributed by atoms with van der Waals surface area (Å²) in [5, 5.41) is 7.72. The van der Waals surface area contributed by atoms with Gasteiger partial charge in [0.2, 0.25) is 17.7 Å². The van der Waals surface area contributed by atoms with Gasteiger partial charge in [0.1, 0.15) is 6.04 Å². The van der Waals surface area contributed by atoms with Crippen LogP contribution < -0.4 is 16.0 Å². The average Bonchev–Trinajstić information content (AvgIpc) is 3.22. The van der Waals surface area contributed by atoms with Crippen LogP contribution in [0.15, 0.2) is 24.3 Å². The number of amides is 4. The zero-order valence-electron chi connectivity index (χ0n) is 14.6. The number of hydrogen-bond acceptors (Lipinski definition) is 4. The van der Waals surface area contributed by atoms with Crippen LogP contribution in [0.3, 0.4) is 0 Å². The predicted molar refractivity (Wildman–Crippen MR) is 94.4 cm³/mol. The minimum atomic E-state index is -0.444. The zero-order valence-corrected chi connectivity index (χ0v) is 14.6. The third kappa shape index (κ3) is 3.68. The highest BCUT2D eigenvalue weighted by Crippen LogP contribution is 2.33. The number of hydrogen-bond donors (Lipinski definition) is 3. The maximum atomic E-state index is 12.6. The van der Waals surface area contributed by atoms with Crippen molar-refractivity contribution >= 4 is 29.3 Å². The first kappa shape index (κ1) is 17.9. The van der Waals surface area contributed by atoms with E-state index in [0.717, 1.165) is 12.8 Å². The van der Waals surface area contributed by atoms with Gasteiger partial charge in [-0.3, -0.25) is 19.2 Å². The molecule has 26 heavy (non-hydrogen) atoms. The van der Waals surface area contributed by atoms with E-state index in [0.29, 0.717) is 24.1 Å². The summed E-state index contributed by atoms with van der Waals surface area (Å²) in [6.45, 7) is -0.119. The monoisotopic (exact) mass is 358 g/mol. The van der Waals surface area contributed by atoms with E-state index < -0.39 is 11.9 Å². The molecular weight excluding hydrogens is 336 g/mol. The summed E-state index contributed by atoms with van der Waals surface area (Å²) in [5.74, 6) is -0.894. The molecule has 8 heteroatoms. The Hall–Kier alpha value is -2.90. The van der Waals surface area contributed by atoms with Crippen molar-refractivity contribution in [3.63, 3.8) is 0 Å². The third-order valence-corrected chi connectivity index (χ3v) is 4.87. The first-order valence-corrected chi connectivity index (χ1v) is 8.70. The van der Waals surface area contributed by atoms with Crippen molar-refractivity contribution in [2.75, 3.05) is 18.9 Å². The minimum absolute atomic E-state index is 0.0370. The lowest BCUT2D eigenvalue weighted by atomic mass is 10.1. The Morgan fingerprint density at radius 2 is 2.00 bits per heavy atom. The van der Waals surface area contributed by atoms with Crippen LogP contribution in [0.1, 0.15) is 36.0 Å². The molecule has 0 bridgehead atoms. The van der Waals surface area contributed by atoms with Gasteiger partial charge in [-0.2, -0.15) is 0 Å². The summed E-state index contributed by atoms with van der Waals surface area (Å²) in [6, 6.07) is 6.23. The van der Waals surface area contributed by atoms with Crippen molar-refractivity contribution in [2.45, 2.75) is 37.8 Å². The number of fused-ring (bicyclic) bond motifs is 1. The number of likely N-dealkylation sites (N-methyl/N-ethyl adjacent to an activating group) is 1. The molecule has 0 aromatic heterocycles. The molecule has 0 radical (unpaired) electrons. The van der Waals surface area contributed by atoms with Gasteiger partial charge in [-0.1, -0.05) is 6.07 Å². The van der Waals surface area contributed by atoms with Gasteiger partial charge in [0.05, 0.1) is 6.54 Å². The Labute approximate surface area is 151 Å². The molecule has 8 nitrogen and oxygen atoms in total. The van der Waals surface area contributed by atoms with Crippen molar-refractivity contribution in [3.8, 4) is 0 Å². The molecule has 2 heterocycles. The van der Waals surface area contributed by atoms with Crippen LogP contribution in [-0.2, 0) is 14.4 Å². The lowest BCUT2D eigenvalue weighted by molar-refractivity contribution is -0.134. The fourth-order valence-corrected chi connectivity index (χ4v) is 3.54. The largest absolute Gasteiger partial charge is 0.358 e. The minimum Gasteiger partial charge on any atom is -0.358 e. The fourth-order valence-electron chi connectivity index (χ4n) is 3.54. The van der Waals surface area contributed by atoms with Gasteiger partial charge in [-0.25, -0.2) is 0 Å². The topological polar surface area (TPSA) is 108 Å². The number of nitrogens with zero attached hydrogens (tertiary/aromatic N) is 1. The molecule has 1 aromatic carbocycles. The summed E-state index contributed by atoms with van der Waals surface area (Å²) in [4.78, 5) is 49.6.